The molecule has 2 aliphatic carbocycles. The number of hydrogen-bond acceptors (Lipinski definition) is 2. The van der Waals surface area contributed by atoms with E-state index in [1.54, 1.807) is 0 Å². The highest BCUT2D eigenvalue weighted by molar-refractivity contribution is 5.86. The van der Waals surface area contributed by atoms with Gasteiger partial charge in [-0.3, -0.25) is 4.79 Å². The van der Waals surface area contributed by atoms with Gasteiger partial charge in [-0.1, -0.05) is 25.7 Å². The number of hydrogen-bond donors (Lipinski definition) is 1. The highest BCUT2D eigenvalue weighted by atomic mass is 16.2. The Kier molecular flexibility index (Phi) is 3.42. The second-order valence-electron chi connectivity index (χ2n) is 5.98. The number of nitrogens with one attached hydrogen (secondary N) is 1. The minimum absolute atomic E-state index is 0.0101. The van der Waals surface area contributed by atoms with Crippen molar-refractivity contribution >= 4 is 5.91 Å². The molecule has 0 atom stereocenters. The van der Waals surface area contributed by atoms with Crippen LogP contribution >= 0.6 is 0 Å². The number of amides is 1. The van der Waals surface area contributed by atoms with Crippen LogP contribution in [0.15, 0.2) is 0 Å². The molecule has 0 heterocycles. The third kappa shape index (κ3) is 2.46. The van der Waals surface area contributed by atoms with Gasteiger partial charge in [0.1, 0.15) is 5.41 Å². The molecule has 2 saturated carbocycles. The zero-order chi connectivity index (χ0) is 12.4. The fourth-order valence-corrected chi connectivity index (χ4v) is 2.95. The Morgan fingerprint density at radius 3 is 2.06 bits per heavy atom. The van der Waals surface area contributed by atoms with Crippen LogP contribution in [-0.4, -0.2) is 11.4 Å². The van der Waals surface area contributed by atoms with Crippen LogP contribution in [0.4, 0.5) is 0 Å². The van der Waals surface area contributed by atoms with Crippen molar-refractivity contribution in [3.8, 4) is 6.07 Å². The van der Waals surface area contributed by atoms with E-state index in [1.165, 1.54) is 6.42 Å². The lowest BCUT2D eigenvalue weighted by molar-refractivity contribution is -0.131. The second kappa shape index (κ2) is 4.68. The van der Waals surface area contributed by atoms with Gasteiger partial charge in [0.15, 0.2) is 0 Å². The number of rotatable bonds is 2. The minimum atomic E-state index is -0.741. The van der Waals surface area contributed by atoms with E-state index in [4.69, 9.17) is 0 Å². The molecule has 0 saturated heterocycles. The summed E-state index contributed by atoms with van der Waals surface area (Å²) >= 11 is 0. The van der Waals surface area contributed by atoms with Gasteiger partial charge >= 0.3 is 0 Å². The summed E-state index contributed by atoms with van der Waals surface area (Å²) < 4.78 is 0. The predicted octanol–water partition coefficient (Wildman–Crippen LogP) is 2.91. The molecule has 2 fully saturated rings. The molecular weight excluding hydrogens is 212 g/mol. The molecule has 1 N–H and O–H groups in total. The number of nitriles is 1. The fourth-order valence-electron chi connectivity index (χ4n) is 2.95. The number of carbonyl (C=O) groups is 1. The lowest BCUT2D eigenvalue weighted by Crippen LogP contribution is -2.55. The van der Waals surface area contributed by atoms with Crippen molar-refractivity contribution in [2.75, 3.05) is 0 Å². The van der Waals surface area contributed by atoms with Gasteiger partial charge in [0, 0.05) is 5.54 Å². The first kappa shape index (κ1) is 12.4. The topological polar surface area (TPSA) is 52.9 Å². The molecule has 0 aliphatic heterocycles. The van der Waals surface area contributed by atoms with Gasteiger partial charge in [-0.15, -0.1) is 0 Å². The van der Waals surface area contributed by atoms with Crippen molar-refractivity contribution in [2.24, 2.45) is 5.41 Å². The van der Waals surface area contributed by atoms with Crippen LogP contribution in [0.5, 0.6) is 0 Å². The molecule has 94 valence electrons. The molecular formula is C14H22N2O. The highest BCUT2D eigenvalue weighted by Crippen LogP contribution is 2.37. The van der Waals surface area contributed by atoms with Crippen LogP contribution < -0.4 is 5.32 Å². The van der Waals surface area contributed by atoms with E-state index in [-0.39, 0.29) is 11.4 Å². The Labute approximate surface area is 104 Å². The molecule has 0 aromatic heterocycles. The van der Waals surface area contributed by atoms with Crippen LogP contribution in [0.25, 0.3) is 0 Å². The first-order valence-electron chi connectivity index (χ1n) is 6.84. The van der Waals surface area contributed by atoms with Gasteiger partial charge in [0.05, 0.1) is 6.07 Å². The minimum Gasteiger partial charge on any atom is -0.350 e. The van der Waals surface area contributed by atoms with Gasteiger partial charge < -0.3 is 5.32 Å². The molecule has 3 nitrogen and oxygen atoms in total. The van der Waals surface area contributed by atoms with E-state index in [9.17, 15) is 10.1 Å². The summed E-state index contributed by atoms with van der Waals surface area (Å²) in [5.41, 5.74) is -0.775. The largest absolute Gasteiger partial charge is 0.350 e. The smallest absolute Gasteiger partial charge is 0.240 e. The molecule has 0 spiro atoms. The summed E-state index contributed by atoms with van der Waals surface area (Å²) in [7, 11) is 0. The van der Waals surface area contributed by atoms with E-state index in [0.717, 1.165) is 51.4 Å². The molecule has 0 aromatic rings. The van der Waals surface area contributed by atoms with Gasteiger partial charge in [-0.25, -0.2) is 0 Å². The normalized spacial score (nSPS) is 26.1. The molecule has 0 bridgehead atoms. The Morgan fingerprint density at radius 1 is 1.06 bits per heavy atom. The van der Waals surface area contributed by atoms with Gasteiger partial charge in [-0.05, 0) is 39.0 Å². The van der Waals surface area contributed by atoms with Gasteiger partial charge in [0.25, 0.3) is 0 Å². The van der Waals surface area contributed by atoms with E-state index >= 15 is 0 Å². The summed E-state index contributed by atoms with van der Waals surface area (Å²) in [5.74, 6) is -0.0101. The average Bonchev–Trinajstić information content (AvgIpc) is 2.53. The Hall–Kier alpha value is -1.04. The Balaban J connectivity index is 2.05. The Bertz CT molecular complexity index is 331. The quantitative estimate of drug-likeness (QED) is 0.747. The highest BCUT2D eigenvalue weighted by Gasteiger charge is 2.43. The van der Waals surface area contributed by atoms with E-state index in [2.05, 4.69) is 18.3 Å². The van der Waals surface area contributed by atoms with E-state index < -0.39 is 5.41 Å². The summed E-state index contributed by atoms with van der Waals surface area (Å²) in [5, 5.41) is 12.5. The van der Waals surface area contributed by atoms with Crippen LogP contribution in [0, 0.1) is 16.7 Å². The van der Waals surface area contributed by atoms with Gasteiger partial charge in [0.2, 0.25) is 5.91 Å². The maximum atomic E-state index is 12.4. The standard InChI is InChI=1S/C14H22N2O/c1-13(7-6-8-13)16-12(17)14(11-15)9-4-2-3-5-10-14/h2-10H2,1H3,(H,16,17). The predicted molar refractivity (Wildman–Crippen MR) is 66.1 cm³/mol. The zero-order valence-electron chi connectivity index (χ0n) is 10.7. The van der Waals surface area contributed by atoms with Crippen molar-refractivity contribution in [3.05, 3.63) is 0 Å². The van der Waals surface area contributed by atoms with E-state index in [0.29, 0.717) is 0 Å². The van der Waals surface area contributed by atoms with Crippen LogP contribution in [0.2, 0.25) is 0 Å². The maximum absolute atomic E-state index is 12.4. The molecule has 3 heteroatoms. The fraction of sp³-hybridized carbons (Fsp3) is 0.857. The third-order valence-corrected chi connectivity index (χ3v) is 4.48. The summed E-state index contributed by atoms with van der Waals surface area (Å²) in [6.07, 6.45) is 9.13. The summed E-state index contributed by atoms with van der Waals surface area (Å²) in [4.78, 5) is 12.4. The number of carbonyl (C=O) groups excluding carboxylic acids is 1. The van der Waals surface area contributed by atoms with Crippen LogP contribution in [-0.2, 0) is 4.79 Å². The monoisotopic (exact) mass is 234 g/mol. The lowest BCUT2D eigenvalue weighted by Gasteiger charge is -2.41. The molecule has 2 aliphatic rings. The maximum Gasteiger partial charge on any atom is 0.240 e. The third-order valence-electron chi connectivity index (χ3n) is 4.48. The van der Waals surface area contributed by atoms with Crippen molar-refractivity contribution in [1.82, 2.24) is 5.32 Å². The molecule has 0 aromatic carbocycles. The first-order chi connectivity index (χ1) is 8.10. The lowest BCUT2D eigenvalue weighted by atomic mass is 9.75. The second-order valence-corrected chi connectivity index (χ2v) is 5.98. The summed E-state index contributed by atoms with van der Waals surface area (Å²) in [6.45, 7) is 2.09. The average molecular weight is 234 g/mol. The van der Waals surface area contributed by atoms with Crippen molar-refractivity contribution in [1.29, 1.82) is 5.26 Å². The van der Waals surface area contributed by atoms with E-state index in [1.807, 2.05) is 0 Å². The molecule has 1 amide bonds. The molecule has 0 unspecified atom stereocenters. The van der Waals surface area contributed by atoms with Gasteiger partial charge in [-0.2, -0.15) is 5.26 Å². The molecule has 17 heavy (non-hydrogen) atoms. The Morgan fingerprint density at radius 2 is 1.65 bits per heavy atom. The van der Waals surface area contributed by atoms with Crippen molar-refractivity contribution in [2.45, 2.75) is 70.3 Å². The zero-order valence-corrected chi connectivity index (χ0v) is 10.7. The number of nitrogens with zero attached hydrogens (tertiary/aromatic N) is 1. The van der Waals surface area contributed by atoms with Crippen molar-refractivity contribution in [3.63, 3.8) is 0 Å². The first-order valence-corrected chi connectivity index (χ1v) is 6.84. The SMILES string of the molecule is CC1(NC(=O)C2(C#N)CCCCCC2)CCC1. The van der Waals surface area contributed by atoms with Crippen LogP contribution in [0.1, 0.15) is 64.7 Å². The molecule has 2 rings (SSSR count). The van der Waals surface area contributed by atoms with Crippen LogP contribution in [0.3, 0.4) is 0 Å². The molecule has 0 radical (unpaired) electrons. The summed E-state index contributed by atoms with van der Waals surface area (Å²) in [6, 6.07) is 2.32. The van der Waals surface area contributed by atoms with Crippen molar-refractivity contribution < 1.29 is 4.79 Å².